The summed E-state index contributed by atoms with van der Waals surface area (Å²) in [6.07, 6.45) is 1.66. The first kappa shape index (κ1) is 18.2. The van der Waals surface area contributed by atoms with Gasteiger partial charge in [0.05, 0.1) is 10.9 Å². The minimum Gasteiger partial charge on any atom is -0.200 e. The van der Waals surface area contributed by atoms with Crippen LogP contribution in [0.1, 0.15) is 62.8 Å². The van der Waals surface area contributed by atoms with Crippen LogP contribution in [0.3, 0.4) is 0 Å². The average molecular weight is 362 g/mol. The van der Waals surface area contributed by atoms with Crippen LogP contribution in [-0.2, 0) is 13.5 Å². The number of hydrogen-bond acceptors (Lipinski definition) is 0. The molecule has 0 atom stereocenters. The van der Waals surface area contributed by atoms with Crippen molar-refractivity contribution in [2.75, 3.05) is 0 Å². The van der Waals surface area contributed by atoms with E-state index in [2.05, 4.69) is 83.4 Å². The number of nitrogens with zero attached hydrogens (tertiary/aromatic N) is 1. The second-order valence-electron chi connectivity index (χ2n) is 8.79. The van der Waals surface area contributed by atoms with Gasteiger partial charge in [-0.2, -0.15) is 0 Å². The van der Waals surface area contributed by atoms with Gasteiger partial charge in [0.1, 0.15) is 8.42 Å². The Kier molecular flexibility index (Phi) is 5.04. The van der Waals surface area contributed by atoms with E-state index in [0.717, 1.165) is 17.7 Å². The summed E-state index contributed by atoms with van der Waals surface area (Å²) in [4.78, 5) is 0. The molecule has 0 aliphatic heterocycles. The summed E-state index contributed by atoms with van der Waals surface area (Å²) in [5.41, 5.74) is 8.80. The molecule has 0 radical (unpaired) electrons. The number of rotatable bonds is 4. The fourth-order valence-corrected chi connectivity index (χ4v) is 4.05. The molecular formula is C26H34N+. The van der Waals surface area contributed by atoms with Crippen LogP contribution in [0.15, 0.2) is 36.5 Å². The monoisotopic (exact) mass is 361 g/mol. The van der Waals surface area contributed by atoms with Crippen LogP contribution in [0.2, 0.25) is 0 Å². The zero-order chi connectivity index (χ0) is 20.7. The Bertz CT molecular complexity index is 1040. The van der Waals surface area contributed by atoms with Crippen molar-refractivity contribution >= 4 is 10.8 Å². The zero-order valence-corrected chi connectivity index (χ0v) is 18.2. The molecule has 0 saturated carbocycles. The van der Waals surface area contributed by atoms with E-state index in [-0.39, 0.29) is 0 Å². The summed E-state index contributed by atoms with van der Waals surface area (Å²) in [7, 11) is 2.03. The van der Waals surface area contributed by atoms with Gasteiger partial charge in [-0.05, 0) is 78.8 Å². The van der Waals surface area contributed by atoms with Crippen LogP contribution < -0.4 is 4.57 Å². The van der Waals surface area contributed by atoms with Crippen molar-refractivity contribution in [1.29, 1.82) is 0 Å². The van der Waals surface area contributed by atoms with Crippen LogP contribution in [0.4, 0.5) is 0 Å². The number of fused-ring (bicyclic) bond motifs is 1. The molecule has 142 valence electrons. The normalized spacial score (nSPS) is 12.3. The molecule has 1 heteroatoms. The Morgan fingerprint density at radius 3 is 2.26 bits per heavy atom. The summed E-state index contributed by atoms with van der Waals surface area (Å²) >= 11 is 0. The van der Waals surface area contributed by atoms with Gasteiger partial charge >= 0.3 is 0 Å². The third kappa shape index (κ3) is 3.78. The van der Waals surface area contributed by atoms with E-state index in [0.29, 0.717) is 18.0 Å². The summed E-state index contributed by atoms with van der Waals surface area (Å²) in [5.74, 6) is 1.10. The van der Waals surface area contributed by atoms with E-state index in [1.165, 1.54) is 38.6 Å². The van der Waals surface area contributed by atoms with E-state index >= 15 is 0 Å². The third-order valence-electron chi connectivity index (χ3n) is 5.67. The molecule has 1 aromatic heterocycles. The molecule has 0 N–H and O–H groups in total. The number of hydrogen-bond donors (Lipinski definition) is 0. The number of benzene rings is 2. The molecule has 0 amide bonds. The van der Waals surface area contributed by atoms with Gasteiger partial charge in [-0.15, -0.1) is 0 Å². The summed E-state index contributed by atoms with van der Waals surface area (Å²) in [6.45, 7) is 15.5. The van der Waals surface area contributed by atoms with Crippen molar-refractivity contribution in [3.63, 3.8) is 0 Å². The molecule has 0 fully saturated rings. The highest BCUT2D eigenvalue weighted by Crippen LogP contribution is 2.34. The Labute approximate surface area is 166 Å². The third-order valence-corrected chi connectivity index (χ3v) is 5.67. The second kappa shape index (κ2) is 7.46. The SMILES string of the molecule is [2H]c1c(C)c2cc(CC(C)C)ccc2c(-c2cc(C(C)C)cc(C)c2C)[n+]1C. The first-order chi connectivity index (χ1) is 13.1. The number of pyridine rings is 1. The lowest BCUT2D eigenvalue weighted by Crippen LogP contribution is -2.31. The highest BCUT2D eigenvalue weighted by atomic mass is 14.9. The van der Waals surface area contributed by atoms with Gasteiger partial charge in [-0.25, -0.2) is 4.57 Å². The van der Waals surface area contributed by atoms with Crippen LogP contribution in [-0.4, -0.2) is 0 Å². The van der Waals surface area contributed by atoms with E-state index < -0.39 is 0 Å². The molecule has 0 bridgehead atoms. The molecule has 3 rings (SSSR count). The number of aryl methyl sites for hydroxylation is 2. The molecule has 1 heterocycles. The lowest BCUT2D eigenvalue weighted by molar-refractivity contribution is -0.659. The summed E-state index contributed by atoms with van der Waals surface area (Å²) < 4.78 is 10.8. The van der Waals surface area contributed by atoms with E-state index in [1.54, 1.807) is 0 Å². The second-order valence-corrected chi connectivity index (χ2v) is 8.79. The van der Waals surface area contributed by atoms with Gasteiger partial charge < -0.3 is 0 Å². The quantitative estimate of drug-likeness (QED) is 0.462. The lowest BCUT2D eigenvalue weighted by Gasteiger charge is -2.16. The topological polar surface area (TPSA) is 3.88 Å². The van der Waals surface area contributed by atoms with Crippen molar-refractivity contribution in [3.05, 3.63) is 64.3 Å². The fourth-order valence-electron chi connectivity index (χ4n) is 4.05. The highest BCUT2D eigenvalue weighted by molar-refractivity contribution is 5.96. The van der Waals surface area contributed by atoms with E-state index in [4.69, 9.17) is 1.37 Å². The smallest absolute Gasteiger partial charge is 0.200 e. The maximum absolute atomic E-state index is 8.75. The predicted octanol–water partition coefficient (Wildman–Crippen LogP) is 6.58. The molecule has 0 unspecified atom stereocenters. The molecule has 0 aliphatic carbocycles. The van der Waals surface area contributed by atoms with Gasteiger partial charge in [-0.1, -0.05) is 45.9 Å². The maximum atomic E-state index is 8.75. The van der Waals surface area contributed by atoms with Gasteiger partial charge in [0.25, 0.3) is 0 Å². The summed E-state index contributed by atoms with van der Waals surface area (Å²) in [5, 5.41) is 2.45. The van der Waals surface area contributed by atoms with Gasteiger partial charge in [-0.3, -0.25) is 0 Å². The van der Waals surface area contributed by atoms with Crippen LogP contribution in [0, 0.1) is 26.7 Å². The molecule has 2 aromatic carbocycles. The Morgan fingerprint density at radius 1 is 0.926 bits per heavy atom. The van der Waals surface area contributed by atoms with Crippen molar-refractivity contribution in [1.82, 2.24) is 0 Å². The largest absolute Gasteiger partial charge is 0.220 e. The maximum Gasteiger partial charge on any atom is 0.220 e. The first-order valence-corrected chi connectivity index (χ1v) is 10.1. The molecule has 3 aromatic rings. The standard InChI is InChI=1S/C26H34N/c1-16(2)11-21-9-10-23-24(13-21)19(6)15-27(8)26(23)25-14-22(17(3)4)12-18(5)20(25)7/h9-10,12-17H,11H2,1-8H3/q+1/i15D. The van der Waals surface area contributed by atoms with Crippen molar-refractivity contribution in [3.8, 4) is 11.3 Å². The molecular weight excluding hydrogens is 326 g/mol. The van der Waals surface area contributed by atoms with Crippen LogP contribution >= 0.6 is 0 Å². The van der Waals surface area contributed by atoms with Crippen LogP contribution in [0.5, 0.6) is 0 Å². The Hall–Kier alpha value is -2.15. The van der Waals surface area contributed by atoms with E-state index in [1.807, 2.05) is 7.05 Å². The van der Waals surface area contributed by atoms with Gasteiger partial charge in [0, 0.05) is 5.56 Å². The Morgan fingerprint density at radius 2 is 1.63 bits per heavy atom. The Balaban J connectivity index is 2.39. The van der Waals surface area contributed by atoms with Crippen molar-refractivity contribution in [2.45, 2.75) is 60.8 Å². The zero-order valence-electron chi connectivity index (χ0n) is 19.2. The van der Waals surface area contributed by atoms with Crippen molar-refractivity contribution < 1.29 is 5.94 Å². The van der Waals surface area contributed by atoms with Crippen LogP contribution in [0.25, 0.3) is 22.0 Å². The highest BCUT2D eigenvalue weighted by Gasteiger charge is 2.21. The molecule has 0 spiro atoms. The van der Waals surface area contributed by atoms with E-state index in [9.17, 15) is 0 Å². The van der Waals surface area contributed by atoms with Gasteiger partial charge in [0.2, 0.25) is 5.69 Å². The number of aromatic nitrogens is 1. The lowest BCUT2D eigenvalue weighted by atomic mass is 9.89. The molecule has 1 nitrogen and oxygen atoms in total. The summed E-state index contributed by atoms with van der Waals surface area (Å²) in [6, 6.07) is 11.5. The van der Waals surface area contributed by atoms with Crippen molar-refractivity contribution in [2.24, 2.45) is 13.0 Å². The predicted molar refractivity (Wildman–Crippen MR) is 117 cm³/mol. The molecule has 0 aliphatic rings. The molecule has 0 saturated heterocycles. The minimum atomic E-state index is 0.480. The molecule has 27 heavy (non-hydrogen) atoms. The average Bonchev–Trinajstić information content (AvgIpc) is 2.63. The minimum absolute atomic E-state index is 0.480. The van der Waals surface area contributed by atoms with Gasteiger partial charge in [0.15, 0.2) is 6.17 Å². The first-order valence-electron chi connectivity index (χ1n) is 10.6. The fraction of sp³-hybridized carbons (Fsp3) is 0.423.